The summed E-state index contributed by atoms with van der Waals surface area (Å²) in [5, 5.41) is 0.267. The van der Waals surface area contributed by atoms with Crippen LogP contribution >= 0.6 is 11.6 Å². The summed E-state index contributed by atoms with van der Waals surface area (Å²) in [6, 6.07) is 3.23. The number of carbonyl (C=O) groups excluding carboxylic acids is 2. The average Bonchev–Trinajstić information content (AvgIpc) is 2.71. The summed E-state index contributed by atoms with van der Waals surface area (Å²) < 4.78 is 27.6. The Hall–Kier alpha value is -2.34. The Balaban J connectivity index is 2.10. The number of hydrogen-bond acceptors (Lipinski definition) is 3. The molecule has 106 valence electrons. The minimum absolute atomic E-state index is 0.140. The molecule has 1 aromatic heterocycles. The highest BCUT2D eigenvalue weighted by atomic mass is 35.5. The lowest BCUT2D eigenvalue weighted by molar-refractivity contribution is -0.114. The predicted octanol–water partition coefficient (Wildman–Crippen LogP) is 2.74. The molecule has 3 rings (SSSR count). The van der Waals surface area contributed by atoms with Gasteiger partial charge in [0.1, 0.15) is 11.6 Å². The Kier molecular flexibility index (Phi) is 3.17. The molecule has 2 aromatic rings. The number of pyridine rings is 1. The summed E-state index contributed by atoms with van der Waals surface area (Å²) in [6.45, 7) is -0.140. The van der Waals surface area contributed by atoms with Gasteiger partial charge in [-0.1, -0.05) is 11.6 Å². The molecule has 0 fully saturated rings. The molecule has 2 heterocycles. The molecule has 7 heteroatoms. The van der Waals surface area contributed by atoms with E-state index in [2.05, 4.69) is 4.98 Å². The fraction of sp³-hybridized carbons (Fsp3) is 0.0714. The number of Topliss-reactive ketones (excluding diaryl/α,β-unsaturated/α-hetero) is 1. The van der Waals surface area contributed by atoms with E-state index in [1.54, 1.807) is 0 Å². The topological polar surface area (TPSA) is 50.3 Å². The van der Waals surface area contributed by atoms with Gasteiger partial charge in [-0.25, -0.2) is 8.78 Å². The number of aromatic nitrogens is 1. The smallest absolute Gasteiger partial charge is 0.297 e. The largest absolute Gasteiger partial charge is 0.299 e. The minimum atomic E-state index is -1.06. The third-order valence-electron chi connectivity index (χ3n) is 3.20. The lowest BCUT2D eigenvalue weighted by Gasteiger charge is -2.17. The van der Waals surface area contributed by atoms with Crippen LogP contribution < -0.4 is 4.90 Å². The van der Waals surface area contributed by atoms with Crippen molar-refractivity contribution in [2.75, 3.05) is 4.90 Å². The minimum Gasteiger partial charge on any atom is -0.297 e. The molecule has 4 nitrogen and oxygen atoms in total. The van der Waals surface area contributed by atoms with Crippen molar-refractivity contribution in [1.29, 1.82) is 0 Å². The predicted molar refractivity (Wildman–Crippen MR) is 71.1 cm³/mol. The van der Waals surface area contributed by atoms with Crippen molar-refractivity contribution in [2.45, 2.75) is 6.54 Å². The van der Waals surface area contributed by atoms with Gasteiger partial charge in [-0.15, -0.1) is 0 Å². The molecular formula is C14H7ClF2N2O2. The first kappa shape index (κ1) is 13.6. The number of carbonyl (C=O) groups is 2. The molecule has 0 spiro atoms. The second kappa shape index (κ2) is 4.89. The molecule has 0 unspecified atom stereocenters. The average molecular weight is 309 g/mol. The van der Waals surface area contributed by atoms with Crippen molar-refractivity contribution < 1.29 is 18.4 Å². The third kappa shape index (κ3) is 2.08. The van der Waals surface area contributed by atoms with E-state index >= 15 is 0 Å². The summed E-state index contributed by atoms with van der Waals surface area (Å²) in [5.41, 5.74) is -0.410. The molecule has 0 bridgehead atoms. The molecule has 21 heavy (non-hydrogen) atoms. The van der Waals surface area contributed by atoms with Crippen molar-refractivity contribution in [3.05, 3.63) is 58.4 Å². The Bertz CT molecular complexity index is 780. The van der Waals surface area contributed by atoms with Crippen LogP contribution in [0.25, 0.3) is 0 Å². The highest BCUT2D eigenvalue weighted by Crippen LogP contribution is 2.35. The van der Waals surface area contributed by atoms with Crippen LogP contribution in [0.5, 0.6) is 0 Å². The summed E-state index contributed by atoms with van der Waals surface area (Å²) in [5.74, 6) is -3.81. The van der Waals surface area contributed by atoms with E-state index in [0.717, 1.165) is 17.0 Å². The van der Waals surface area contributed by atoms with E-state index in [1.807, 2.05) is 0 Å². The monoisotopic (exact) mass is 308 g/mol. The molecule has 1 aromatic carbocycles. The van der Waals surface area contributed by atoms with Gasteiger partial charge in [-0.05, 0) is 23.8 Å². The molecule has 1 aliphatic heterocycles. The summed E-state index contributed by atoms with van der Waals surface area (Å²) in [7, 11) is 0. The van der Waals surface area contributed by atoms with Crippen LogP contribution in [-0.4, -0.2) is 16.7 Å². The second-order valence-corrected chi connectivity index (χ2v) is 4.85. The molecule has 0 saturated heterocycles. The van der Waals surface area contributed by atoms with Gasteiger partial charge in [-0.3, -0.25) is 19.5 Å². The molecule has 1 amide bonds. The van der Waals surface area contributed by atoms with Crippen LogP contribution in [0.1, 0.15) is 15.9 Å². The fourth-order valence-electron chi connectivity index (χ4n) is 2.21. The Morgan fingerprint density at radius 1 is 1.14 bits per heavy atom. The zero-order chi connectivity index (χ0) is 15.1. The molecule has 0 aliphatic carbocycles. The number of hydrogen-bond donors (Lipinski definition) is 0. The number of nitrogens with zero attached hydrogens (tertiary/aromatic N) is 2. The van der Waals surface area contributed by atoms with E-state index in [-0.39, 0.29) is 17.3 Å². The van der Waals surface area contributed by atoms with Gasteiger partial charge in [-0.2, -0.15) is 0 Å². The van der Waals surface area contributed by atoms with Crippen LogP contribution in [0.4, 0.5) is 14.5 Å². The van der Waals surface area contributed by atoms with Crippen molar-refractivity contribution in [1.82, 2.24) is 4.98 Å². The highest BCUT2D eigenvalue weighted by Gasteiger charge is 2.40. The summed E-state index contributed by atoms with van der Waals surface area (Å²) >= 11 is 5.93. The number of anilines is 1. The lowest BCUT2D eigenvalue weighted by Crippen LogP contribution is -2.29. The quantitative estimate of drug-likeness (QED) is 0.802. The SMILES string of the molecule is O=C1C(=O)N(Cc2ccncc2Cl)c2c(F)ccc(F)c21. The van der Waals surface area contributed by atoms with Crippen LogP contribution in [0.3, 0.4) is 0 Å². The molecule has 0 N–H and O–H groups in total. The number of ketones is 1. The van der Waals surface area contributed by atoms with E-state index in [9.17, 15) is 18.4 Å². The Morgan fingerprint density at radius 2 is 1.86 bits per heavy atom. The first-order chi connectivity index (χ1) is 10.0. The lowest BCUT2D eigenvalue weighted by atomic mass is 10.1. The Labute approximate surface area is 123 Å². The highest BCUT2D eigenvalue weighted by molar-refractivity contribution is 6.52. The number of fused-ring (bicyclic) bond motifs is 1. The Morgan fingerprint density at radius 3 is 2.57 bits per heavy atom. The molecule has 1 aliphatic rings. The van der Waals surface area contributed by atoms with Crippen molar-refractivity contribution in [3.63, 3.8) is 0 Å². The van der Waals surface area contributed by atoms with E-state index in [4.69, 9.17) is 11.6 Å². The summed E-state index contributed by atoms with van der Waals surface area (Å²) in [4.78, 5) is 28.5. The third-order valence-corrected chi connectivity index (χ3v) is 3.54. The van der Waals surface area contributed by atoms with Crippen LogP contribution in [0.15, 0.2) is 30.6 Å². The van der Waals surface area contributed by atoms with Gasteiger partial charge in [0, 0.05) is 12.4 Å². The van der Waals surface area contributed by atoms with Gasteiger partial charge in [0.25, 0.3) is 11.7 Å². The first-order valence-electron chi connectivity index (χ1n) is 5.93. The number of rotatable bonds is 2. The van der Waals surface area contributed by atoms with E-state index in [1.165, 1.54) is 18.5 Å². The maximum absolute atomic E-state index is 13.9. The molecular weight excluding hydrogens is 302 g/mol. The number of amides is 1. The van der Waals surface area contributed by atoms with Gasteiger partial charge in [0.05, 0.1) is 22.8 Å². The van der Waals surface area contributed by atoms with Crippen LogP contribution in [-0.2, 0) is 11.3 Å². The van der Waals surface area contributed by atoms with Crippen molar-refractivity contribution in [3.8, 4) is 0 Å². The van der Waals surface area contributed by atoms with Crippen LogP contribution in [0.2, 0.25) is 5.02 Å². The van der Waals surface area contributed by atoms with Gasteiger partial charge < -0.3 is 0 Å². The maximum Gasteiger partial charge on any atom is 0.299 e. The number of benzene rings is 1. The van der Waals surface area contributed by atoms with Crippen LogP contribution in [0, 0.1) is 11.6 Å². The zero-order valence-corrected chi connectivity index (χ0v) is 11.2. The summed E-state index contributed by atoms with van der Waals surface area (Å²) in [6.07, 6.45) is 2.81. The van der Waals surface area contributed by atoms with Gasteiger partial charge in [0.2, 0.25) is 0 Å². The normalized spacial score (nSPS) is 13.8. The maximum atomic E-state index is 13.9. The van der Waals surface area contributed by atoms with Crippen molar-refractivity contribution in [2.24, 2.45) is 0 Å². The number of halogens is 3. The fourth-order valence-corrected chi connectivity index (χ4v) is 2.38. The van der Waals surface area contributed by atoms with E-state index < -0.39 is 28.9 Å². The first-order valence-corrected chi connectivity index (χ1v) is 6.31. The van der Waals surface area contributed by atoms with E-state index in [0.29, 0.717) is 5.56 Å². The zero-order valence-electron chi connectivity index (χ0n) is 10.4. The molecule has 0 atom stereocenters. The van der Waals surface area contributed by atoms with Crippen molar-refractivity contribution >= 4 is 29.0 Å². The second-order valence-electron chi connectivity index (χ2n) is 4.44. The van der Waals surface area contributed by atoms with Gasteiger partial charge in [0.15, 0.2) is 0 Å². The standard InChI is InChI=1S/C14H7ClF2N2O2/c15-8-5-18-4-3-7(8)6-19-12-10(17)2-1-9(16)11(12)13(20)14(19)21/h1-5H,6H2. The van der Waals surface area contributed by atoms with Gasteiger partial charge >= 0.3 is 0 Å². The molecule has 0 radical (unpaired) electrons. The molecule has 0 saturated carbocycles.